The second-order valence-corrected chi connectivity index (χ2v) is 6.07. The van der Waals surface area contributed by atoms with Gasteiger partial charge in [-0.2, -0.15) is 0 Å². The maximum absolute atomic E-state index is 11.4. The number of aryl methyl sites for hydroxylation is 2. The highest BCUT2D eigenvalue weighted by molar-refractivity contribution is 6.35. The van der Waals surface area contributed by atoms with Crippen LogP contribution < -0.4 is 15.0 Å². The number of hydrogen-bond donors (Lipinski definition) is 1. The first kappa shape index (κ1) is 16.5. The first-order chi connectivity index (χ1) is 11.5. The van der Waals surface area contributed by atoms with Gasteiger partial charge in [0.05, 0.1) is 7.11 Å². The van der Waals surface area contributed by atoms with Crippen molar-refractivity contribution in [3.05, 3.63) is 34.6 Å². The van der Waals surface area contributed by atoms with E-state index in [0.717, 1.165) is 30.8 Å². The Labute approximate surface area is 145 Å². The molecule has 3 rings (SSSR count). The van der Waals surface area contributed by atoms with Crippen LogP contribution in [0.2, 0.25) is 5.02 Å². The minimum absolute atomic E-state index is 0.218. The predicted molar refractivity (Wildman–Crippen MR) is 94.4 cm³/mol. The van der Waals surface area contributed by atoms with E-state index in [2.05, 4.69) is 20.2 Å². The fourth-order valence-corrected chi connectivity index (χ4v) is 3.13. The first-order valence-electron chi connectivity index (χ1n) is 7.75. The molecule has 1 aromatic carbocycles. The molecule has 1 aliphatic heterocycles. The normalized spacial score (nSPS) is 13.4. The maximum Gasteiger partial charge on any atom is 0.222 e. The Hall–Kier alpha value is -2.34. The average Bonchev–Trinajstić information content (AvgIpc) is 2.56. The van der Waals surface area contributed by atoms with E-state index in [1.807, 2.05) is 18.2 Å². The van der Waals surface area contributed by atoms with Gasteiger partial charge in [0, 0.05) is 19.2 Å². The number of hydrogen-bond acceptors (Lipinski definition) is 5. The molecular formula is C17H19ClN4O2. The summed E-state index contributed by atoms with van der Waals surface area (Å²) in [5, 5.41) is 3.01. The molecular weight excluding hydrogens is 328 g/mol. The lowest BCUT2D eigenvalue weighted by molar-refractivity contribution is -0.114. The summed E-state index contributed by atoms with van der Waals surface area (Å²) in [7, 11) is 1.66. The van der Waals surface area contributed by atoms with Crippen LogP contribution in [0.5, 0.6) is 5.75 Å². The number of carbonyl (C=O) groups excluding carboxylic acids is 1. The van der Waals surface area contributed by atoms with Gasteiger partial charge < -0.3 is 15.0 Å². The number of anilines is 3. The van der Waals surface area contributed by atoms with Gasteiger partial charge in [-0.05, 0) is 43.5 Å². The lowest BCUT2D eigenvalue weighted by Crippen LogP contribution is -2.26. The maximum atomic E-state index is 11.4. The molecule has 0 fully saturated rings. The molecule has 1 aromatic heterocycles. The van der Waals surface area contributed by atoms with E-state index in [-0.39, 0.29) is 5.91 Å². The zero-order valence-electron chi connectivity index (χ0n) is 13.9. The number of nitrogens with zero attached hydrogens (tertiary/aromatic N) is 3. The van der Waals surface area contributed by atoms with Gasteiger partial charge in [-0.25, -0.2) is 9.97 Å². The van der Waals surface area contributed by atoms with E-state index < -0.39 is 0 Å². The number of amides is 1. The summed E-state index contributed by atoms with van der Waals surface area (Å²) in [6, 6.07) is 5.98. The minimum atomic E-state index is -0.218. The van der Waals surface area contributed by atoms with Crippen molar-refractivity contribution in [2.24, 2.45) is 0 Å². The predicted octanol–water partition coefficient (Wildman–Crippen LogP) is 3.49. The molecule has 2 aromatic rings. The van der Waals surface area contributed by atoms with Crippen molar-refractivity contribution in [1.29, 1.82) is 0 Å². The van der Waals surface area contributed by atoms with Crippen molar-refractivity contribution in [1.82, 2.24) is 9.97 Å². The Morgan fingerprint density at radius 2 is 2.17 bits per heavy atom. The molecule has 1 amide bonds. The largest absolute Gasteiger partial charge is 0.497 e. The van der Waals surface area contributed by atoms with Crippen LogP contribution in [-0.4, -0.2) is 29.5 Å². The SMILES string of the molecule is COc1ccc2c(c1)CCCN2c1nc(C)nc(NC(C)=O)c1Cl. The molecule has 0 aliphatic carbocycles. The second-order valence-electron chi connectivity index (χ2n) is 5.69. The summed E-state index contributed by atoms with van der Waals surface area (Å²) in [5.41, 5.74) is 2.24. The quantitative estimate of drug-likeness (QED) is 0.921. The van der Waals surface area contributed by atoms with Crippen molar-refractivity contribution in [2.45, 2.75) is 26.7 Å². The summed E-state index contributed by atoms with van der Waals surface area (Å²) in [4.78, 5) is 22.2. The van der Waals surface area contributed by atoms with Crippen LogP contribution in [-0.2, 0) is 11.2 Å². The molecule has 0 bridgehead atoms. The van der Waals surface area contributed by atoms with Crippen LogP contribution in [0, 0.1) is 6.92 Å². The lowest BCUT2D eigenvalue weighted by Gasteiger charge is -2.31. The van der Waals surface area contributed by atoms with Crippen molar-refractivity contribution >= 4 is 34.8 Å². The van der Waals surface area contributed by atoms with E-state index in [9.17, 15) is 4.79 Å². The van der Waals surface area contributed by atoms with Gasteiger partial charge in [-0.15, -0.1) is 0 Å². The van der Waals surface area contributed by atoms with E-state index in [1.54, 1.807) is 14.0 Å². The fraction of sp³-hybridized carbons (Fsp3) is 0.353. The van der Waals surface area contributed by atoms with Gasteiger partial charge in [0.1, 0.15) is 16.6 Å². The third-order valence-corrected chi connectivity index (χ3v) is 4.25. The van der Waals surface area contributed by atoms with Crippen LogP contribution in [0.4, 0.5) is 17.3 Å². The van der Waals surface area contributed by atoms with Gasteiger partial charge in [-0.3, -0.25) is 4.79 Å². The van der Waals surface area contributed by atoms with Gasteiger partial charge in [0.2, 0.25) is 5.91 Å². The Balaban J connectivity index is 2.07. The van der Waals surface area contributed by atoms with Crippen molar-refractivity contribution in [3.8, 4) is 5.75 Å². The Kier molecular flexibility index (Phi) is 4.57. The van der Waals surface area contributed by atoms with Crippen molar-refractivity contribution < 1.29 is 9.53 Å². The van der Waals surface area contributed by atoms with Crippen LogP contribution in [0.25, 0.3) is 0 Å². The molecule has 0 spiro atoms. The average molecular weight is 347 g/mol. The number of aromatic nitrogens is 2. The Bertz CT molecular complexity index is 794. The topological polar surface area (TPSA) is 67.3 Å². The molecule has 1 aliphatic rings. The second kappa shape index (κ2) is 6.65. The van der Waals surface area contributed by atoms with Gasteiger partial charge >= 0.3 is 0 Å². The molecule has 0 saturated heterocycles. The number of carbonyl (C=O) groups is 1. The summed E-state index contributed by atoms with van der Waals surface area (Å²) >= 11 is 6.48. The van der Waals surface area contributed by atoms with Crippen molar-refractivity contribution in [3.63, 3.8) is 0 Å². The molecule has 0 saturated carbocycles. The van der Waals surface area contributed by atoms with E-state index in [0.29, 0.717) is 22.5 Å². The zero-order valence-corrected chi connectivity index (χ0v) is 14.6. The monoisotopic (exact) mass is 346 g/mol. The summed E-state index contributed by atoms with van der Waals surface area (Å²) in [6.45, 7) is 4.01. The van der Waals surface area contributed by atoms with E-state index in [1.165, 1.54) is 12.5 Å². The molecule has 7 heteroatoms. The smallest absolute Gasteiger partial charge is 0.222 e. The van der Waals surface area contributed by atoms with Crippen molar-refractivity contribution in [2.75, 3.05) is 23.9 Å². The summed E-state index contributed by atoms with van der Waals surface area (Å²) in [5.74, 6) is 2.12. The molecule has 0 unspecified atom stereocenters. The van der Waals surface area contributed by atoms with Crippen LogP contribution in [0.1, 0.15) is 24.7 Å². The summed E-state index contributed by atoms with van der Waals surface area (Å²) in [6.07, 6.45) is 1.96. The molecule has 0 radical (unpaired) electrons. The standard InChI is InChI=1S/C17H19ClN4O2/c1-10-19-16(21-11(2)23)15(18)17(20-10)22-8-4-5-12-9-13(24-3)6-7-14(12)22/h6-7,9H,4-5,8H2,1-3H3,(H,19,20,21,23). The first-order valence-corrected chi connectivity index (χ1v) is 8.13. The number of ether oxygens (including phenoxy) is 1. The van der Waals surface area contributed by atoms with Crippen LogP contribution >= 0.6 is 11.6 Å². The van der Waals surface area contributed by atoms with Gasteiger partial charge in [0.25, 0.3) is 0 Å². The highest BCUT2D eigenvalue weighted by atomic mass is 35.5. The molecule has 126 valence electrons. The zero-order chi connectivity index (χ0) is 17.3. The van der Waals surface area contributed by atoms with E-state index >= 15 is 0 Å². The minimum Gasteiger partial charge on any atom is -0.497 e. The molecule has 1 N–H and O–H groups in total. The van der Waals surface area contributed by atoms with Gasteiger partial charge in [-0.1, -0.05) is 11.6 Å². The fourth-order valence-electron chi connectivity index (χ4n) is 2.89. The summed E-state index contributed by atoms with van der Waals surface area (Å²) < 4.78 is 5.31. The molecule has 6 nitrogen and oxygen atoms in total. The third kappa shape index (κ3) is 3.14. The van der Waals surface area contributed by atoms with E-state index in [4.69, 9.17) is 16.3 Å². The van der Waals surface area contributed by atoms with Gasteiger partial charge in [0.15, 0.2) is 11.6 Å². The molecule has 24 heavy (non-hydrogen) atoms. The number of methoxy groups -OCH3 is 1. The Morgan fingerprint density at radius 3 is 2.88 bits per heavy atom. The molecule has 0 atom stereocenters. The van der Waals surface area contributed by atoms with Crippen LogP contribution in [0.3, 0.4) is 0 Å². The number of nitrogens with one attached hydrogen (secondary N) is 1. The molecule has 2 heterocycles. The Morgan fingerprint density at radius 1 is 1.38 bits per heavy atom. The number of benzene rings is 1. The third-order valence-electron chi connectivity index (χ3n) is 3.90. The number of halogens is 1. The highest BCUT2D eigenvalue weighted by Gasteiger charge is 2.24. The lowest BCUT2D eigenvalue weighted by atomic mass is 10.0. The number of fused-ring (bicyclic) bond motifs is 1. The highest BCUT2D eigenvalue weighted by Crippen LogP contribution is 2.39. The van der Waals surface area contributed by atoms with Crippen LogP contribution in [0.15, 0.2) is 18.2 Å². The number of rotatable bonds is 3.